The number of nitriles is 1. The Hall–Kier alpha value is -2.03. The Labute approximate surface area is 113 Å². The summed E-state index contributed by atoms with van der Waals surface area (Å²) in [4.78, 5) is 13.4. The van der Waals surface area contributed by atoms with Crippen LogP contribution >= 0.6 is 0 Å². The van der Waals surface area contributed by atoms with Crippen molar-refractivity contribution < 1.29 is 9.53 Å². The maximum Gasteiger partial charge on any atom is 0.410 e. The van der Waals surface area contributed by atoms with Crippen LogP contribution in [-0.4, -0.2) is 33.4 Å². The Kier molecular flexibility index (Phi) is 4.20. The molecule has 19 heavy (non-hydrogen) atoms. The summed E-state index contributed by atoms with van der Waals surface area (Å²) >= 11 is 0. The second-order valence-corrected chi connectivity index (χ2v) is 5.46. The summed E-state index contributed by atoms with van der Waals surface area (Å²) in [6.07, 6.45) is -0.413. The monoisotopic (exact) mass is 264 g/mol. The maximum atomic E-state index is 11.9. The summed E-state index contributed by atoms with van der Waals surface area (Å²) < 4.78 is 6.79. The number of ether oxygens (including phenoxy) is 1. The lowest BCUT2D eigenvalue weighted by atomic mass is 10.2. The highest BCUT2D eigenvalue weighted by Crippen LogP contribution is 2.20. The molecule has 1 amide bonds. The van der Waals surface area contributed by atoms with Crippen LogP contribution in [0.2, 0.25) is 0 Å². The normalized spacial score (nSPS) is 12.7. The number of carbonyl (C=O) groups is 1. The molecule has 1 unspecified atom stereocenters. The topological polar surface area (TPSA) is 71.2 Å². The van der Waals surface area contributed by atoms with Gasteiger partial charge >= 0.3 is 6.09 Å². The van der Waals surface area contributed by atoms with Crippen LogP contribution in [0.25, 0.3) is 0 Å². The highest BCUT2D eigenvalue weighted by atomic mass is 16.6. The molecule has 1 atom stereocenters. The van der Waals surface area contributed by atoms with Gasteiger partial charge in [0, 0.05) is 14.1 Å². The molecule has 0 aliphatic heterocycles. The van der Waals surface area contributed by atoms with Crippen molar-refractivity contribution in [2.45, 2.75) is 39.3 Å². The molecule has 0 saturated carbocycles. The number of carbonyl (C=O) groups excluding carboxylic acids is 1. The van der Waals surface area contributed by atoms with Gasteiger partial charge in [-0.25, -0.2) is 4.79 Å². The first-order valence-electron chi connectivity index (χ1n) is 6.05. The van der Waals surface area contributed by atoms with Crippen molar-refractivity contribution in [3.05, 3.63) is 17.5 Å². The van der Waals surface area contributed by atoms with Crippen LogP contribution in [-0.2, 0) is 11.8 Å². The molecule has 0 saturated heterocycles. The van der Waals surface area contributed by atoms with Gasteiger partial charge in [0.1, 0.15) is 17.4 Å². The minimum absolute atomic E-state index is 0.261. The maximum absolute atomic E-state index is 11.9. The van der Waals surface area contributed by atoms with E-state index < -0.39 is 11.7 Å². The van der Waals surface area contributed by atoms with Crippen molar-refractivity contribution in [1.82, 2.24) is 14.7 Å². The predicted octanol–water partition coefficient (Wildman–Crippen LogP) is 2.22. The second kappa shape index (κ2) is 5.31. The minimum atomic E-state index is -0.535. The average molecular weight is 264 g/mol. The Morgan fingerprint density at radius 1 is 1.58 bits per heavy atom. The summed E-state index contributed by atoms with van der Waals surface area (Å²) in [5.41, 5.74) is 0.583. The lowest BCUT2D eigenvalue weighted by Crippen LogP contribution is -2.35. The van der Waals surface area contributed by atoms with E-state index in [0.29, 0.717) is 11.4 Å². The van der Waals surface area contributed by atoms with E-state index in [1.807, 2.05) is 33.8 Å². The molecule has 0 bridgehead atoms. The zero-order valence-corrected chi connectivity index (χ0v) is 12.3. The van der Waals surface area contributed by atoms with Crippen molar-refractivity contribution in [2.24, 2.45) is 7.05 Å². The second-order valence-electron chi connectivity index (χ2n) is 5.46. The molecule has 6 nitrogen and oxygen atoms in total. The number of amides is 1. The van der Waals surface area contributed by atoms with Crippen LogP contribution in [0.5, 0.6) is 0 Å². The third-order valence-electron chi connectivity index (χ3n) is 2.70. The fraction of sp³-hybridized carbons (Fsp3) is 0.615. The molecule has 0 aliphatic carbocycles. The summed E-state index contributed by atoms with van der Waals surface area (Å²) in [5.74, 6) is 0. The Balaban J connectivity index is 2.84. The van der Waals surface area contributed by atoms with E-state index in [1.54, 1.807) is 20.2 Å². The summed E-state index contributed by atoms with van der Waals surface area (Å²) in [7, 11) is 3.35. The quantitative estimate of drug-likeness (QED) is 0.821. The Morgan fingerprint density at radius 3 is 2.58 bits per heavy atom. The van der Waals surface area contributed by atoms with Gasteiger partial charge in [0.15, 0.2) is 0 Å². The molecule has 1 aromatic heterocycles. The smallest absolute Gasteiger partial charge is 0.410 e. The molecular weight excluding hydrogens is 244 g/mol. The van der Waals surface area contributed by atoms with Crippen LogP contribution in [0.3, 0.4) is 0 Å². The van der Waals surface area contributed by atoms with Gasteiger partial charge in [-0.2, -0.15) is 10.4 Å². The van der Waals surface area contributed by atoms with Gasteiger partial charge in [-0.3, -0.25) is 4.68 Å². The van der Waals surface area contributed by atoms with Crippen molar-refractivity contribution in [3.8, 4) is 6.07 Å². The SMILES string of the molecule is CC(c1cc(C#N)n(C)n1)N(C)C(=O)OC(C)(C)C. The number of hydrogen-bond donors (Lipinski definition) is 0. The van der Waals surface area contributed by atoms with Crippen LogP contribution in [0, 0.1) is 11.3 Å². The molecule has 0 N–H and O–H groups in total. The van der Waals surface area contributed by atoms with Crippen molar-refractivity contribution >= 4 is 6.09 Å². The highest BCUT2D eigenvalue weighted by Gasteiger charge is 2.25. The van der Waals surface area contributed by atoms with Gasteiger partial charge in [0.2, 0.25) is 0 Å². The summed E-state index contributed by atoms with van der Waals surface area (Å²) in [5, 5.41) is 13.1. The lowest BCUT2D eigenvalue weighted by Gasteiger charge is -2.27. The van der Waals surface area contributed by atoms with Gasteiger partial charge in [-0.1, -0.05) is 0 Å². The van der Waals surface area contributed by atoms with Crippen LogP contribution in [0.4, 0.5) is 4.79 Å². The fourth-order valence-electron chi connectivity index (χ4n) is 1.49. The molecular formula is C13H20N4O2. The van der Waals surface area contributed by atoms with Crippen LogP contribution < -0.4 is 0 Å². The fourth-order valence-corrected chi connectivity index (χ4v) is 1.49. The van der Waals surface area contributed by atoms with Gasteiger partial charge in [-0.05, 0) is 33.8 Å². The molecule has 0 spiro atoms. The Morgan fingerprint density at radius 2 is 2.16 bits per heavy atom. The van der Waals surface area contributed by atoms with Crippen molar-refractivity contribution in [2.75, 3.05) is 7.05 Å². The largest absolute Gasteiger partial charge is 0.444 e. The minimum Gasteiger partial charge on any atom is -0.444 e. The lowest BCUT2D eigenvalue weighted by molar-refractivity contribution is 0.0230. The first-order chi connectivity index (χ1) is 8.65. The van der Waals surface area contributed by atoms with Crippen LogP contribution in [0.1, 0.15) is 45.1 Å². The van der Waals surface area contributed by atoms with Crippen molar-refractivity contribution in [3.63, 3.8) is 0 Å². The summed E-state index contributed by atoms with van der Waals surface area (Å²) in [6, 6.07) is 3.45. The van der Waals surface area contributed by atoms with E-state index in [1.165, 1.54) is 9.58 Å². The number of aryl methyl sites for hydroxylation is 1. The molecule has 0 fully saturated rings. The third kappa shape index (κ3) is 3.71. The molecule has 1 aromatic rings. The van der Waals surface area contributed by atoms with Gasteiger partial charge in [0.05, 0.1) is 11.7 Å². The van der Waals surface area contributed by atoms with Gasteiger partial charge < -0.3 is 9.64 Å². The first kappa shape index (κ1) is 15.0. The van der Waals surface area contributed by atoms with E-state index in [2.05, 4.69) is 5.10 Å². The van der Waals surface area contributed by atoms with E-state index >= 15 is 0 Å². The zero-order valence-electron chi connectivity index (χ0n) is 12.3. The number of rotatable bonds is 2. The van der Waals surface area contributed by atoms with Gasteiger partial charge in [0.25, 0.3) is 0 Å². The van der Waals surface area contributed by atoms with E-state index in [4.69, 9.17) is 10.00 Å². The standard InChI is InChI=1S/C13H20N4O2/c1-9(11-7-10(8-14)17(6)15-11)16(5)12(18)19-13(2,3)4/h7,9H,1-6H3. The highest BCUT2D eigenvalue weighted by molar-refractivity contribution is 5.68. The predicted molar refractivity (Wildman–Crippen MR) is 70.3 cm³/mol. The average Bonchev–Trinajstić information content (AvgIpc) is 2.66. The summed E-state index contributed by atoms with van der Waals surface area (Å²) in [6.45, 7) is 7.29. The van der Waals surface area contributed by atoms with E-state index in [0.717, 1.165) is 0 Å². The first-order valence-corrected chi connectivity index (χ1v) is 6.05. The third-order valence-corrected chi connectivity index (χ3v) is 2.70. The molecule has 1 rings (SSSR count). The number of aromatic nitrogens is 2. The number of hydrogen-bond acceptors (Lipinski definition) is 4. The zero-order chi connectivity index (χ0) is 14.8. The molecule has 6 heteroatoms. The van der Waals surface area contributed by atoms with E-state index in [-0.39, 0.29) is 6.04 Å². The van der Waals surface area contributed by atoms with E-state index in [9.17, 15) is 4.79 Å². The molecule has 0 aromatic carbocycles. The van der Waals surface area contributed by atoms with Crippen molar-refractivity contribution in [1.29, 1.82) is 5.26 Å². The molecule has 0 aliphatic rings. The molecule has 104 valence electrons. The Bertz CT molecular complexity index is 508. The number of nitrogens with zero attached hydrogens (tertiary/aromatic N) is 4. The molecule has 0 radical (unpaired) electrons. The van der Waals surface area contributed by atoms with Crippen LogP contribution in [0.15, 0.2) is 6.07 Å². The molecule has 1 heterocycles. The van der Waals surface area contributed by atoms with Gasteiger partial charge in [-0.15, -0.1) is 0 Å².